The Morgan fingerprint density at radius 2 is 2.00 bits per heavy atom. The van der Waals surface area contributed by atoms with Crippen LogP contribution in [0, 0.1) is 0 Å². The maximum Gasteiger partial charge on any atom is 0.0250 e. The van der Waals surface area contributed by atoms with Crippen molar-refractivity contribution in [2.24, 2.45) is 4.99 Å². The lowest BCUT2D eigenvalue weighted by Gasteiger charge is -1.78. The van der Waals surface area contributed by atoms with Crippen LogP contribution >= 0.6 is 0 Å². The standard InChI is InChI=1S/C6H11N/c1-4-7-5-6(2)3/h4-5H,1-3H3. The summed E-state index contributed by atoms with van der Waals surface area (Å²) in [7, 11) is 0. The van der Waals surface area contributed by atoms with Crippen LogP contribution in [-0.4, -0.2) is 6.21 Å². The molecule has 0 aliphatic rings. The predicted octanol–water partition coefficient (Wildman–Crippen LogP) is 2.00. The maximum absolute atomic E-state index is 3.88. The predicted molar refractivity (Wildman–Crippen MR) is 33.6 cm³/mol. The third-order valence-electron chi connectivity index (χ3n) is 0.482. The number of nitrogens with zero attached hydrogens (tertiary/aromatic N) is 1. The first-order valence-corrected chi connectivity index (χ1v) is 2.38. The van der Waals surface area contributed by atoms with Crippen LogP contribution in [-0.2, 0) is 0 Å². The van der Waals surface area contributed by atoms with Crippen LogP contribution in [0.1, 0.15) is 20.8 Å². The van der Waals surface area contributed by atoms with E-state index in [0.29, 0.717) is 0 Å². The molecule has 0 aromatic heterocycles. The minimum absolute atomic E-state index is 1.23. The lowest BCUT2D eigenvalue weighted by molar-refractivity contribution is 1.34. The zero-order valence-electron chi connectivity index (χ0n) is 5.10. The van der Waals surface area contributed by atoms with Gasteiger partial charge in [0.2, 0.25) is 0 Å². The Labute approximate surface area is 44.8 Å². The van der Waals surface area contributed by atoms with Gasteiger partial charge in [0, 0.05) is 12.4 Å². The van der Waals surface area contributed by atoms with Gasteiger partial charge in [0.15, 0.2) is 0 Å². The van der Waals surface area contributed by atoms with Crippen molar-refractivity contribution in [1.29, 1.82) is 0 Å². The van der Waals surface area contributed by atoms with E-state index in [0.717, 1.165) is 0 Å². The molecule has 0 aromatic rings. The van der Waals surface area contributed by atoms with Crippen molar-refractivity contribution >= 4 is 6.21 Å². The summed E-state index contributed by atoms with van der Waals surface area (Å²) in [6.45, 7) is 5.94. The molecule has 0 spiro atoms. The van der Waals surface area contributed by atoms with E-state index in [1.54, 1.807) is 6.21 Å². The highest BCUT2D eigenvalue weighted by Crippen LogP contribution is 1.85. The number of aliphatic imine (C=N–C) groups is 1. The highest BCUT2D eigenvalue weighted by atomic mass is 14.7. The van der Waals surface area contributed by atoms with Crippen molar-refractivity contribution in [1.82, 2.24) is 0 Å². The summed E-state index contributed by atoms with van der Waals surface area (Å²) in [6.07, 6.45) is 3.60. The Balaban J connectivity index is 3.46. The van der Waals surface area contributed by atoms with E-state index in [-0.39, 0.29) is 0 Å². The lowest BCUT2D eigenvalue weighted by atomic mass is 10.4. The summed E-state index contributed by atoms with van der Waals surface area (Å²) in [5, 5.41) is 0. The molecule has 0 bridgehead atoms. The highest BCUT2D eigenvalue weighted by Gasteiger charge is 1.66. The molecule has 0 radical (unpaired) electrons. The first kappa shape index (κ1) is 6.41. The molecule has 0 amide bonds. The Bertz CT molecular complexity index is 86.4. The number of hydrogen-bond donors (Lipinski definition) is 0. The molecule has 0 rings (SSSR count). The molecule has 0 unspecified atom stereocenters. The minimum atomic E-state index is 1.23. The van der Waals surface area contributed by atoms with Gasteiger partial charge >= 0.3 is 0 Å². The third-order valence-corrected chi connectivity index (χ3v) is 0.482. The van der Waals surface area contributed by atoms with Crippen molar-refractivity contribution in [3.05, 3.63) is 11.8 Å². The number of rotatable bonds is 1. The molecule has 1 nitrogen and oxygen atoms in total. The van der Waals surface area contributed by atoms with Crippen LogP contribution in [0.4, 0.5) is 0 Å². The smallest absolute Gasteiger partial charge is 0.0250 e. The Morgan fingerprint density at radius 1 is 1.43 bits per heavy atom. The average molecular weight is 97.2 g/mol. The fraction of sp³-hybridized carbons (Fsp3) is 0.500. The first-order chi connectivity index (χ1) is 3.27. The Hall–Kier alpha value is -0.590. The molecular formula is C6H11N. The molecule has 0 heterocycles. The van der Waals surface area contributed by atoms with Crippen molar-refractivity contribution in [2.45, 2.75) is 20.8 Å². The van der Waals surface area contributed by atoms with Crippen molar-refractivity contribution in [2.75, 3.05) is 0 Å². The van der Waals surface area contributed by atoms with Crippen LogP contribution in [0.2, 0.25) is 0 Å². The van der Waals surface area contributed by atoms with Gasteiger partial charge in [0.25, 0.3) is 0 Å². The highest BCUT2D eigenvalue weighted by molar-refractivity contribution is 5.54. The number of allylic oxidation sites excluding steroid dienone is 1. The quantitative estimate of drug-likeness (QED) is 0.444. The van der Waals surface area contributed by atoms with Crippen LogP contribution in [0.5, 0.6) is 0 Å². The summed E-state index contributed by atoms with van der Waals surface area (Å²) >= 11 is 0. The van der Waals surface area contributed by atoms with E-state index in [4.69, 9.17) is 0 Å². The second-order valence-corrected chi connectivity index (χ2v) is 1.61. The lowest BCUT2D eigenvalue weighted by Crippen LogP contribution is -1.59. The van der Waals surface area contributed by atoms with Gasteiger partial charge in [0.1, 0.15) is 0 Å². The van der Waals surface area contributed by atoms with Crippen LogP contribution in [0.3, 0.4) is 0 Å². The molecular weight excluding hydrogens is 86.1 g/mol. The van der Waals surface area contributed by atoms with E-state index in [9.17, 15) is 0 Å². The summed E-state index contributed by atoms with van der Waals surface area (Å²) < 4.78 is 0. The molecule has 7 heavy (non-hydrogen) atoms. The van der Waals surface area contributed by atoms with E-state index >= 15 is 0 Å². The van der Waals surface area contributed by atoms with Crippen molar-refractivity contribution < 1.29 is 0 Å². The van der Waals surface area contributed by atoms with E-state index in [1.807, 2.05) is 27.0 Å². The molecule has 40 valence electrons. The molecule has 0 saturated carbocycles. The molecule has 0 aliphatic heterocycles. The average Bonchev–Trinajstić information content (AvgIpc) is 1.61. The second-order valence-electron chi connectivity index (χ2n) is 1.61. The summed E-state index contributed by atoms with van der Waals surface area (Å²) in [6, 6.07) is 0. The first-order valence-electron chi connectivity index (χ1n) is 2.38. The molecule has 0 fully saturated rings. The van der Waals surface area contributed by atoms with E-state index in [1.165, 1.54) is 5.57 Å². The molecule has 0 aliphatic carbocycles. The van der Waals surface area contributed by atoms with E-state index < -0.39 is 0 Å². The molecule has 1 heteroatoms. The van der Waals surface area contributed by atoms with Crippen molar-refractivity contribution in [3.63, 3.8) is 0 Å². The summed E-state index contributed by atoms with van der Waals surface area (Å²) in [5.41, 5.74) is 1.23. The Kier molecular flexibility index (Phi) is 3.29. The summed E-state index contributed by atoms with van der Waals surface area (Å²) in [4.78, 5) is 3.88. The molecule has 0 saturated heterocycles. The topological polar surface area (TPSA) is 12.4 Å². The van der Waals surface area contributed by atoms with Gasteiger partial charge in [-0.15, -0.1) is 0 Å². The number of hydrogen-bond acceptors (Lipinski definition) is 1. The van der Waals surface area contributed by atoms with Gasteiger partial charge in [-0.25, -0.2) is 0 Å². The fourth-order valence-corrected chi connectivity index (χ4v) is 0.224. The van der Waals surface area contributed by atoms with Gasteiger partial charge in [-0.05, 0) is 20.8 Å². The van der Waals surface area contributed by atoms with Gasteiger partial charge in [0.05, 0.1) is 0 Å². The van der Waals surface area contributed by atoms with Crippen LogP contribution in [0.25, 0.3) is 0 Å². The monoisotopic (exact) mass is 97.1 g/mol. The third kappa shape index (κ3) is 5.41. The molecule has 0 atom stereocenters. The normalized spacial score (nSPS) is 9.57. The Morgan fingerprint density at radius 3 is 2.14 bits per heavy atom. The largest absolute Gasteiger partial charge is 0.269 e. The SMILES string of the molecule is CC=NC=C(C)C. The van der Waals surface area contributed by atoms with Gasteiger partial charge < -0.3 is 0 Å². The van der Waals surface area contributed by atoms with Crippen LogP contribution in [0.15, 0.2) is 16.8 Å². The summed E-state index contributed by atoms with van der Waals surface area (Å²) in [5.74, 6) is 0. The zero-order valence-corrected chi connectivity index (χ0v) is 5.10. The molecule has 0 N–H and O–H groups in total. The van der Waals surface area contributed by atoms with Gasteiger partial charge in [-0.3, -0.25) is 4.99 Å². The van der Waals surface area contributed by atoms with Gasteiger partial charge in [-0.1, -0.05) is 5.57 Å². The fourth-order valence-electron chi connectivity index (χ4n) is 0.224. The van der Waals surface area contributed by atoms with Crippen LogP contribution < -0.4 is 0 Å². The van der Waals surface area contributed by atoms with E-state index in [2.05, 4.69) is 4.99 Å². The minimum Gasteiger partial charge on any atom is -0.269 e. The van der Waals surface area contributed by atoms with Gasteiger partial charge in [-0.2, -0.15) is 0 Å². The maximum atomic E-state index is 3.88. The zero-order chi connectivity index (χ0) is 5.70. The second kappa shape index (κ2) is 3.59. The van der Waals surface area contributed by atoms with Crippen molar-refractivity contribution in [3.8, 4) is 0 Å². The molecule has 0 aromatic carbocycles.